The Morgan fingerprint density at radius 3 is 2.24 bits per heavy atom. The van der Waals surface area contributed by atoms with Crippen LogP contribution in [-0.2, 0) is 19.1 Å². The van der Waals surface area contributed by atoms with E-state index in [0.717, 1.165) is 5.56 Å². The first-order chi connectivity index (χ1) is 13.9. The van der Waals surface area contributed by atoms with Crippen molar-refractivity contribution in [3.05, 3.63) is 45.6 Å². The SMILES string of the molecule is COC(=O)C1=C(C)N2C(=NC(C)=C(C(=O)OC)[C@H]2c2ccc(OC)c(OC)c2)S1. The summed E-state index contributed by atoms with van der Waals surface area (Å²) in [5.74, 6) is 0.152. The van der Waals surface area contributed by atoms with Gasteiger partial charge in [-0.1, -0.05) is 6.07 Å². The molecule has 154 valence electrons. The van der Waals surface area contributed by atoms with E-state index in [9.17, 15) is 9.59 Å². The standard InChI is InChI=1S/C20H22N2O6S/c1-10-15(18(23)27-5)16(12-7-8-13(25-3)14(9-12)26-4)22-11(2)17(19(24)28-6)29-20(22)21-10/h7-9,16H,1-6H3/t16-/m1/s1. The summed E-state index contributed by atoms with van der Waals surface area (Å²) in [5.41, 5.74) is 2.32. The number of benzene rings is 1. The lowest BCUT2D eigenvalue weighted by Gasteiger charge is -2.35. The van der Waals surface area contributed by atoms with Gasteiger partial charge < -0.3 is 23.8 Å². The van der Waals surface area contributed by atoms with E-state index in [0.29, 0.717) is 38.5 Å². The highest BCUT2D eigenvalue weighted by molar-refractivity contribution is 8.18. The number of carbonyl (C=O) groups excluding carboxylic acids is 2. The molecule has 0 radical (unpaired) electrons. The largest absolute Gasteiger partial charge is 0.493 e. The highest BCUT2D eigenvalue weighted by atomic mass is 32.2. The summed E-state index contributed by atoms with van der Waals surface area (Å²) in [4.78, 5) is 31.7. The molecule has 29 heavy (non-hydrogen) atoms. The van der Waals surface area contributed by atoms with Gasteiger partial charge in [-0.05, 0) is 43.3 Å². The summed E-state index contributed by atoms with van der Waals surface area (Å²) in [7, 11) is 5.76. The number of aliphatic imine (C=N–C) groups is 1. The van der Waals surface area contributed by atoms with Crippen LogP contribution in [0.3, 0.4) is 0 Å². The highest BCUT2D eigenvalue weighted by Crippen LogP contribution is 2.48. The maximum absolute atomic E-state index is 12.7. The Morgan fingerprint density at radius 1 is 1.00 bits per heavy atom. The number of nitrogens with zero attached hydrogens (tertiary/aromatic N) is 2. The summed E-state index contributed by atoms with van der Waals surface area (Å²) in [6, 6.07) is 4.87. The minimum Gasteiger partial charge on any atom is -0.493 e. The smallest absolute Gasteiger partial charge is 0.346 e. The van der Waals surface area contributed by atoms with Crippen molar-refractivity contribution >= 4 is 28.9 Å². The van der Waals surface area contributed by atoms with E-state index >= 15 is 0 Å². The van der Waals surface area contributed by atoms with Crippen molar-refractivity contribution in [1.29, 1.82) is 0 Å². The second-order valence-electron chi connectivity index (χ2n) is 6.28. The molecule has 2 aliphatic heterocycles. The molecule has 1 aromatic rings. The fraction of sp³-hybridized carbons (Fsp3) is 0.350. The van der Waals surface area contributed by atoms with Gasteiger partial charge in [0.2, 0.25) is 0 Å². The van der Waals surface area contributed by atoms with Crippen molar-refractivity contribution in [3.63, 3.8) is 0 Å². The van der Waals surface area contributed by atoms with Crippen LogP contribution in [0.4, 0.5) is 0 Å². The Hall–Kier alpha value is -2.94. The van der Waals surface area contributed by atoms with Gasteiger partial charge in [0.15, 0.2) is 16.7 Å². The molecule has 9 heteroatoms. The second-order valence-corrected chi connectivity index (χ2v) is 7.26. The number of carbonyl (C=O) groups is 2. The number of thioether (sulfide) groups is 1. The molecule has 1 aromatic carbocycles. The predicted octanol–water partition coefficient (Wildman–Crippen LogP) is 3.01. The molecule has 1 atom stereocenters. The third-order valence-electron chi connectivity index (χ3n) is 4.77. The van der Waals surface area contributed by atoms with Crippen LogP contribution in [0.25, 0.3) is 0 Å². The third kappa shape index (κ3) is 3.46. The number of esters is 2. The van der Waals surface area contributed by atoms with Crippen LogP contribution in [0.1, 0.15) is 25.5 Å². The highest BCUT2D eigenvalue weighted by Gasteiger charge is 2.43. The van der Waals surface area contributed by atoms with Crippen LogP contribution in [0.15, 0.2) is 45.1 Å². The van der Waals surface area contributed by atoms with E-state index in [2.05, 4.69) is 4.99 Å². The summed E-state index contributed by atoms with van der Waals surface area (Å²) in [5, 5.41) is 0.591. The zero-order valence-corrected chi connectivity index (χ0v) is 17.9. The Balaban J connectivity index is 2.21. The second kappa shape index (κ2) is 8.20. The zero-order valence-electron chi connectivity index (χ0n) is 17.1. The van der Waals surface area contributed by atoms with Crippen molar-refractivity contribution in [3.8, 4) is 11.5 Å². The van der Waals surface area contributed by atoms with Crippen LogP contribution in [0.2, 0.25) is 0 Å². The van der Waals surface area contributed by atoms with Crippen molar-refractivity contribution in [1.82, 2.24) is 4.90 Å². The molecule has 0 aliphatic carbocycles. The van der Waals surface area contributed by atoms with Gasteiger partial charge in [0.1, 0.15) is 4.91 Å². The van der Waals surface area contributed by atoms with Crippen LogP contribution < -0.4 is 9.47 Å². The monoisotopic (exact) mass is 418 g/mol. The number of fused-ring (bicyclic) bond motifs is 1. The topological polar surface area (TPSA) is 86.7 Å². The summed E-state index contributed by atoms with van der Waals surface area (Å²) in [6.45, 7) is 3.54. The first kappa shape index (κ1) is 20.8. The normalized spacial score (nSPS) is 18.3. The van der Waals surface area contributed by atoms with Gasteiger partial charge >= 0.3 is 11.9 Å². The molecule has 3 rings (SSSR count). The van der Waals surface area contributed by atoms with Gasteiger partial charge in [0.05, 0.1) is 45.8 Å². The molecule has 2 aliphatic rings. The van der Waals surface area contributed by atoms with Gasteiger partial charge in [-0.25, -0.2) is 14.6 Å². The minimum absolute atomic E-state index is 0.384. The lowest BCUT2D eigenvalue weighted by atomic mass is 9.93. The number of allylic oxidation sites excluding steroid dienone is 2. The molecule has 0 spiro atoms. The van der Waals surface area contributed by atoms with Crippen LogP contribution in [0, 0.1) is 0 Å². The van der Waals surface area contributed by atoms with E-state index in [1.165, 1.54) is 26.0 Å². The van der Waals surface area contributed by atoms with E-state index in [1.807, 2.05) is 11.0 Å². The third-order valence-corrected chi connectivity index (χ3v) is 5.91. The van der Waals surface area contributed by atoms with Crippen molar-refractivity contribution in [2.45, 2.75) is 19.9 Å². The average Bonchev–Trinajstić information content (AvgIpc) is 3.06. The van der Waals surface area contributed by atoms with E-state index < -0.39 is 18.0 Å². The van der Waals surface area contributed by atoms with E-state index in [4.69, 9.17) is 18.9 Å². The van der Waals surface area contributed by atoms with Gasteiger partial charge in [-0.15, -0.1) is 0 Å². The molecule has 0 saturated carbocycles. The first-order valence-electron chi connectivity index (χ1n) is 8.73. The molecule has 0 N–H and O–H groups in total. The molecule has 0 fully saturated rings. The minimum atomic E-state index is -0.551. The Kier molecular flexibility index (Phi) is 5.88. The van der Waals surface area contributed by atoms with Gasteiger partial charge in [0, 0.05) is 5.70 Å². The Labute approximate surface area is 173 Å². The number of methoxy groups -OCH3 is 4. The molecular formula is C20H22N2O6S. The average molecular weight is 418 g/mol. The summed E-state index contributed by atoms with van der Waals surface area (Å²) in [6.07, 6.45) is 0. The lowest BCUT2D eigenvalue weighted by Crippen LogP contribution is -2.36. The number of hydrogen-bond donors (Lipinski definition) is 0. The molecule has 8 nitrogen and oxygen atoms in total. The van der Waals surface area contributed by atoms with Crippen LogP contribution in [0.5, 0.6) is 11.5 Å². The number of hydrogen-bond acceptors (Lipinski definition) is 9. The maximum atomic E-state index is 12.7. The fourth-order valence-electron chi connectivity index (χ4n) is 3.37. The molecule has 0 bridgehead atoms. The number of rotatable bonds is 5. The molecule has 0 saturated heterocycles. The molecular weight excluding hydrogens is 396 g/mol. The molecule has 0 aromatic heterocycles. The lowest BCUT2D eigenvalue weighted by molar-refractivity contribution is -0.137. The molecule has 0 amide bonds. The molecule has 0 unspecified atom stereocenters. The van der Waals surface area contributed by atoms with Crippen molar-refractivity contribution < 1.29 is 28.5 Å². The van der Waals surface area contributed by atoms with Crippen LogP contribution >= 0.6 is 11.8 Å². The van der Waals surface area contributed by atoms with E-state index in [-0.39, 0.29) is 0 Å². The quantitative estimate of drug-likeness (QED) is 0.675. The first-order valence-corrected chi connectivity index (χ1v) is 9.55. The van der Waals surface area contributed by atoms with Gasteiger partial charge in [0.25, 0.3) is 0 Å². The van der Waals surface area contributed by atoms with Crippen molar-refractivity contribution in [2.24, 2.45) is 4.99 Å². The molecule has 2 heterocycles. The van der Waals surface area contributed by atoms with Gasteiger partial charge in [-0.3, -0.25) is 0 Å². The maximum Gasteiger partial charge on any atom is 0.346 e. The van der Waals surface area contributed by atoms with Crippen LogP contribution in [-0.4, -0.2) is 50.4 Å². The number of ether oxygens (including phenoxy) is 4. The Morgan fingerprint density at radius 2 is 1.66 bits per heavy atom. The fourth-order valence-corrected chi connectivity index (χ4v) is 4.49. The summed E-state index contributed by atoms with van der Waals surface area (Å²) >= 11 is 1.22. The Bertz CT molecular complexity index is 966. The predicted molar refractivity (Wildman–Crippen MR) is 109 cm³/mol. The van der Waals surface area contributed by atoms with E-state index in [1.54, 1.807) is 40.2 Å². The number of amidine groups is 1. The van der Waals surface area contributed by atoms with Gasteiger partial charge in [-0.2, -0.15) is 0 Å². The zero-order chi connectivity index (χ0) is 21.3. The summed E-state index contributed by atoms with van der Waals surface area (Å²) < 4.78 is 20.7. The van der Waals surface area contributed by atoms with Crippen molar-refractivity contribution in [2.75, 3.05) is 28.4 Å².